The number of phenols is 1. The zero-order valence-corrected chi connectivity index (χ0v) is 12.7. The summed E-state index contributed by atoms with van der Waals surface area (Å²) >= 11 is 0. The molecule has 0 aromatic heterocycles. The van der Waals surface area contributed by atoms with Crippen LogP contribution in [0.25, 0.3) is 0 Å². The van der Waals surface area contributed by atoms with E-state index in [9.17, 15) is 5.11 Å². The summed E-state index contributed by atoms with van der Waals surface area (Å²) in [6.07, 6.45) is 0. The number of hydrogen-bond acceptors (Lipinski definition) is 4. The number of piperazine rings is 1. The van der Waals surface area contributed by atoms with Gasteiger partial charge in [-0.15, -0.1) is 0 Å². The Kier molecular flexibility index (Phi) is 4.93. The average molecular weight is 298 g/mol. The van der Waals surface area contributed by atoms with Gasteiger partial charge in [0.15, 0.2) is 11.5 Å². The fourth-order valence-corrected chi connectivity index (χ4v) is 2.66. The fraction of sp³-hybridized carbons (Fsp3) is 0.333. The number of ether oxygens (including phenoxy) is 1. The minimum atomic E-state index is 0.261. The maximum absolute atomic E-state index is 10.4. The third-order valence-electron chi connectivity index (χ3n) is 3.92. The van der Waals surface area contributed by atoms with E-state index in [2.05, 4.69) is 10.2 Å². The minimum absolute atomic E-state index is 0.261. The molecule has 4 heteroatoms. The molecule has 1 heterocycles. The number of para-hydroxylation sites is 1. The summed E-state index contributed by atoms with van der Waals surface area (Å²) in [5, 5.41) is 13.8. The van der Waals surface area contributed by atoms with Crippen molar-refractivity contribution in [3.8, 4) is 11.5 Å². The Hall–Kier alpha value is -2.04. The first-order valence-corrected chi connectivity index (χ1v) is 7.73. The molecule has 22 heavy (non-hydrogen) atoms. The summed E-state index contributed by atoms with van der Waals surface area (Å²) < 4.78 is 5.77. The van der Waals surface area contributed by atoms with Gasteiger partial charge in [-0.05, 0) is 11.6 Å². The summed E-state index contributed by atoms with van der Waals surface area (Å²) in [6, 6.07) is 15.7. The highest BCUT2D eigenvalue weighted by molar-refractivity contribution is 5.45. The van der Waals surface area contributed by atoms with E-state index in [0.717, 1.165) is 43.9 Å². The number of phenolic OH excluding ortho intramolecular Hbond substituents is 1. The predicted molar refractivity (Wildman–Crippen MR) is 87.0 cm³/mol. The van der Waals surface area contributed by atoms with Gasteiger partial charge in [0.2, 0.25) is 0 Å². The first-order valence-electron chi connectivity index (χ1n) is 7.73. The topological polar surface area (TPSA) is 44.7 Å². The zero-order chi connectivity index (χ0) is 15.2. The molecule has 3 rings (SSSR count). The standard InChI is InChI=1S/C18H22N2O2/c21-18-16(13-20-11-9-19-10-12-20)7-4-8-17(18)22-14-15-5-2-1-3-6-15/h1-8,19,21H,9-14H2. The molecular formula is C18H22N2O2. The second-order valence-electron chi connectivity index (χ2n) is 5.56. The van der Waals surface area contributed by atoms with Crippen LogP contribution in [-0.2, 0) is 13.2 Å². The Morgan fingerprint density at radius 3 is 2.55 bits per heavy atom. The van der Waals surface area contributed by atoms with Gasteiger partial charge >= 0.3 is 0 Å². The van der Waals surface area contributed by atoms with Crippen LogP contribution in [0.5, 0.6) is 11.5 Å². The molecule has 0 amide bonds. The van der Waals surface area contributed by atoms with E-state index in [0.29, 0.717) is 12.4 Å². The van der Waals surface area contributed by atoms with Gasteiger partial charge in [-0.1, -0.05) is 42.5 Å². The SMILES string of the molecule is Oc1c(CN2CCNCC2)cccc1OCc1ccccc1. The van der Waals surface area contributed by atoms with Crippen molar-refractivity contribution in [2.75, 3.05) is 26.2 Å². The lowest BCUT2D eigenvalue weighted by Gasteiger charge is -2.27. The van der Waals surface area contributed by atoms with Gasteiger partial charge in [-0.25, -0.2) is 0 Å². The van der Waals surface area contributed by atoms with Crippen LogP contribution in [0.4, 0.5) is 0 Å². The molecular weight excluding hydrogens is 276 g/mol. The van der Waals surface area contributed by atoms with E-state index in [4.69, 9.17) is 4.74 Å². The van der Waals surface area contributed by atoms with Crippen molar-refractivity contribution in [3.63, 3.8) is 0 Å². The molecule has 1 aliphatic rings. The van der Waals surface area contributed by atoms with Gasteiger partial charge in [-0.2, -0.15) is 0 Å². The Labute approximate surface area is 131 Å². The zero-order valence-electron chi connectivity index (χ0n) is 12.7. The van der Waals surface area contributed by atoms with Crippen molar-refractivity contribution in [2.45, 2.75) is 13.2 Å². The van der Waals surface area contributed by atoms with Crippen LogP contribution in [-0.4, -0.2) is 36.2 Å². The second-order valence-corrected chi connectivity index (χ2v) is 5.56. The summed E-state index contributed by atoms with van der Waals surface area (Å²) in [6.45, 7) is 5.25. The molecule has 1 saturated heterocycles. The Morgan fingerprint density at radius 2 is 1.77 bits per heavy atom. The van der Waals surface area contributed by atoms with Gasteiger partial charge in [-0.3, -0.25) is 4.90 Å². The molecule has 0 atom stereocenters. The van der Waals surface area contributed by atoms with E-state index >= 15 is 0 Å². The molecule has 4 nitrogen and oxygen atoms in total. The van der Waals surface area contributed by atoms with E-state index in [1.54, 1.807) is 0 Å². The molecule has 0 spiro atoms. The van der Waals surface area contributed by atoms with Crippen LogP contribution < -0.4 is 10.1 Å². The van der Waals surface area contributed by atoms with Crippen LogP contribution in [0, 0.1) is 0 Å². The summed E-state index contributed by atoms with van der Waals surface area (Å²) in [7, 11) is 0. The first-order chi connectivity index (χ1) is 10.8. The molecule has 2 aromatic rings. The lowest BCUT2D eigenvalue weighted by Crippen LogP contribution is -2.42. The van der Waals surface area contributed by atoms with Crippen LogP contribution in [0.3, 0.4) is 0 Å². The largest absolute Gasteiger partial charge is 0.504 e. The molecule has 0 aliphatic carbocycles. The van der Waals surface area contributed by atoms with Crippen molar-refractivity contribution in [1.29, 1.82) is 0 Å². The smallest absolute Gasteiger partial charge is 0.162 e. The van der Waals surface area contributed by atoms with Crippen LogP contribution in [0.2, 0.25) is 0 Å². The number of benzene rings is 2. The van der Waals surface area contributed by atoms with E-state index in [-0.39, 0.29) is 5.75 Å². The number of nitrogens with one attached hydrogen (secondary N) is 1. The highest BCUT2D eigenvalue weighted by atomic mass is 16.5. The van der Waals surface area contributed by atoms with Crippen LogP contribution >= 0.6 is 0 Å². The summed E-state index contributed by atoms with van der Waals surface area (Å²) in [5.41, 5.74) is 2.02. The molecule has 0 unspecified atom stereocenters. The maximum Gasteiger partial charge on any atom is 0.162 e. The van der Waals surface area contributed by atoms with Crippen LogP contribution in [0.1, 0.15) is 11.1 Å². The van der Waals surface area contributed by atoms with Gasteiger partial charge in [0.05, 0.1) is 0 Å². The molecule has 2 N–H and O–H groups in total. The monoisotopic (exact) mass is 298 g/mol. The Balaban J connectivity index is 1.66. The fourth-order valence-electron chi connectivity index (χ4n) is 2.66. The highest BCUT2D eigenvalue weighted by Gasteiger charge is 2.14. The van der Waals surface area contributed by atoms with Crippen molar-refractivity contribution in [2.24, 2.45) is 0 Å². The lowest BCUT2D eigenvalue weighted by molar-refractivity contribution is 0.228. The highest BCUT2D eigenvalue weighted by Crippen LogP contribution is 2.31. The molecule has 116 valence electrons. The van der Waals surface area contributed by atoms with Crippen molar-refractivity contribution >= 4 is 0 Å². The third-order valence-corrected chi connectivity index (χ3v) is 3.92. The van der Waals surface area contributed by atoms with Gasteiger partial charge in [0, 0.05) is 38.3 Å². The molecule has 0 radical (unpaired) electrons. The van der Waals surface area contributed by atoms with Crippen molar-refractivity contribution < 1.29 is 9.84 Å². The van der Waals surface area contributed by atoms with E-state index in [1.165, 1.54) is 0 Å². The van der Waals surface area contributed by atoms with E-state index < -0.39 is 0 Å². The number of nitrogens with zero attached hydrogens (tertiary/aromatic N) is 1. The number of rotatable bonds is 5. The third kappa shape index (κ3) is 3.78. The maximum atomic E-state index is 10.4. The predicted octanol–water partition coefficient (Wildman–Crippen LogP) is 2.38. The van der Waals surface area contributed by atoms with Crippen molar-refractivity contribution in [1.82, 2.24) is 10.2 Å². The normalized spacial score (nSPS) is 15.6. The minimum Gasteiger partial charge on any atom is -0.504 e. The number of aromatic hydroxyl groups is 1. The van der Waals surface area contributed by atoms with Crippen molar-refractivity contribution in [3.05, 3.63) is 59.7 Å². The van der Waals surface area contributed by atoms with Gasteiger partial charge in [0.25, 0.3) is 0 Å². The molecule has 0 saturated carbocycles. The molecule has 0 bridgehead atoms. The summed E-state index contributed by atoms with van der Waals surface area (Å²) in [4.78, 5) is 2.34. The molecule has 1 fully saturated rings. The Bertz CT molecular complexity index is 595. The van der Waals surface area contributed by atoms with Gasteiger partial charge < -0.3 is 15.2 Å². The second kappa shape index (κ2) is 7.29. The molecule has 2 aromatic carbocycles. The average Bonchev–Trinajstić information content (AvgIpc) is 2.58. The molecule has 1 aliphatic heterocycles. The quantitative estimate of drug-likeness (QED) is 0.889. The first kappa shape index (κ1) is 14.9. The lowest BCUT2D eigenvalue weighted by atomic mass is 10.1. The van der Waals surface area contributed by atoms with Gasteiger partial charge in [0.1, 0.15) is 6.61 Å². The Morgan fingerprint density at radius 1 is 1.00 bits per heavy atom. The van der Waals surface area contributed by atoms with Crippen LogP contribution in [0.15, 0.2) is 48.5 Å². The summed E-state index contributed by atoms with van der Waals surface area (Å²) in [5.74, 6) is 0.813. The number of hydrogen-bond donors (Lipinski definition) is 2. The van der Waals surface area contributed by atoms with E-state index in [1.807, 2.05) is 48.5 Å².